The van der Waals surface area contributed by atoms with Gasteiger partial charge in [-0.05, 0) is 19.1 Å². The molecule has 2 aromatic rings. The van der Waals surface area contributed by atoms with Crippen LogP contribution >= 0.6 is 46.4 Å². The summed E-state index contributed by atoms with van der Waals surface area (Å²) >= 11 is 23.1. The van der Waals surface area contributed by atoms with Crippen molar-refractivity contribution in [2.24, 2.45) is 0 Å². The van der Waals surface area contributed by atoms with Crippen LogP contribution in [0.2, 0.25) is 5.15 Å². The Morgan fingerprint density at radius 3 is 2.44 bits per heavy atom. The van der Waals surface area contributed by atoms with Crippen molar-refractivity contribution in [2.75, 3.05) is 0 Å². The maximum absolute atomic E-state index is 6.01. The quantitative estimate of drug-likeness (QED) is 0.531. The van der Waals surface area contributed by atoms with Gasteiger partial charge in [-0.15, -0.1) is 0 Å². The molecule has 1 aromatic heterocycles. The highest BCUT2D eigenvalue weighted by molar-refractivity contribution is 6.66. The van der Waals surface area contributed by atoms with E-state index in [2.05, 4.69) is 9.97 Å². The van der Waals surface area contributed by atoms with Crippen LogP contribution in [0.5, 0.6) is 0 Å². The molecule has 0 bridgehead atoms. The highest BCUT2D eigenvalue weighted by atomic mass is 35.6. The van der Waals surface area contributed by atoms with Gasteiger partial charge in [0, 0.05) is 5.39 Å². The normalized spacial score (nSPS) is 12.1. The average Bonchev–Trinajstić information content (AvgIpc) is 2.17. The number of fused-ring (bicyclic) bond motifs is 1. The zero-order valence-electron chi connectivity index (χ0n) is 8.14. The molecule has 0 radical (unpaired) electrons. The van der Waals surface area contributed by atoms with Crippen LogP contribution < -0.4 is 0 Å². The molecule has 84 valence electrons. The summed E-state index contributed by atoms with van der Waals surface area (Å²) in [5, 5.41) is 1.04. The molecule has 16 heavy (non-hydrogen) atoms. The lowest BCUT2D eigenvalue weighted by atomic mass is 10.2. The van der Waals surface area contributed by atoms with E-state index in [4.69, 9.17) is 46.4 Å². The van der Waals surface area contributed by atoms with Gasteiger partial charge in [0.05, 0.1) is 5.52 Å². The van der Waals surface area contributed by atoms with Crippen molar-refractivity contribution in [3.63, 3.8) is 0 Å². The van der Waals surface area contributed by atoms with Crippen molar-refractivity contribution in [1.82, 2.24) is 9.97 Å². The molecular weight excluding hydrogens is 290 g/mol. The largest absolute Gasteiger partial charge is 0.250 e. The van der Waals surface area contributed by atoms with Gasteiger partial charge in [0.25, 0.3) is 0 Å². The Bertz CT molecular complexity index is 548. The third-order valence-electron chi connectivity index (χ3n) is 2.06. The molecule has 2 nitrogen and oxygen atoms in total. The van der Waals surface area contributed by atoms with E-state index in [1.807, 2.05) is 25.1 Å². The minimum Gasteiger partial charge on any atom is -0.228 e. The Hall–Kier alpha value is -0.280. The Morgan fingerprint density at radius 2 is 1.81 bits per heavy atom. The average molecular weight is 296 g/mol. The van der Waals surface area contributed by atoms with Crippen LogP contribution in [-0.2, 0) is 3.79 Å². The van der Waals surface area contributed by atoms with Gasteiger partial charge in [-0.3, -0.25) is 0 Å². The van der Waals surface area contributed by atoms with Crippen LogP contribution in [0.15, 0.2) is 18.2 Å². The van der Waals surface area contributed by atoms with Gasteiger partial charge in [-0.25, -0.2) is 9.97 Å². The molecule has 0 fully saturated rings. The first-order valence-electron chi connectivity index (χ1n) is 4.39. The molecule has 0 aliphatic heterocycles. The molecule has 0 saturated heterocycles. The molecule has 0 spiro atoms. The highest BCUT2D eigenvalue weighted by Crippen LogP contribution is 2.37. The van der Waals surface area contributed by atoms with Gasteiger partial charge < -0.3 is 0 Å². The summed E-state index contributed by atoms with van der Waals surface area (Å²) in [7, 11) is 0. The van der Waals surface area contributed by atoms with Crippen molar-refractivity contribution in [2.45, 2.75) is 10.7 Å². The standard InChI is InChI=1S/C10H6Cl4N2/c1-5-2-3-7-6(4-5)8(11)16-9(15-7)10(12,13)14/h2-4H,1H3. The Kier molecular flexibility index (Phi) is 3.19. The van der Waals surface area contributed by atoms with Gasteiger partial charge in [0.2, 0.25) is 3.79 Å². The number of halogens is 4. The van der Waals surface area contributed by atoms with E-state index in [1.165, 1.54) is 0 Å². The fraction of sp³-hybridized carbons (Fsp3) is 0.200. The number of hydrogen-bond donors (Lipinski definition) is 0. The number of nitrogens with zero attached hydrogens (tertiary/aromatic N) is 2. The number of benzene rings is 1. The molecule has 1 aromatic carbocycles. The lowest BCUT2D eigenvalue weighted by Crippen LogP contribution is -2.07. The summed E-state index contributed by atoms with van der Waals surface area (Å²) in [6, 6.07) is 5.62. The van der Waals surface area contributed by atoms with E-state index in [1.54, 1.807) is 0 Å². The number of rotatable bonds is 0. The molecule has 6 heteroatoms. The van der Waals surface area contributed by atoms with E-state index in [9.17, 15) is 0 Å². The zero-order chi connectivity index (χ0) is 11.9. The molecule has 0 aliphatic rings. The summed E-state index contributed by atoms with van der Waals surface area (Å²) < 4.78 is -1.66. The molecule has 0 amide bonds. The predicted molar refractivity (Wildman–Crippen MR) is 68.5 cm³/mol. The van der Waals surface area contributed by atoms with E-state index >= 15 is 0 Å². The van der Waals surface area contributed by atoms with Crippen LogP contribution in [0, 0.1) is 6.92 Å². The maximum atomic E-state index is 6.01. The smallest absolute Gasteiger partial charge is 0.228 e. The fourth-order valence-corrected chi connectivity index (χ4v) is 1.82. The van der Waals surface area contributed by atoms with Crippen LogP contribution in [0.3, 0.4) is 0 Å². The van der Waals surface area contributed by atoms with E-state index in [-0.39, 0.29) is 11.0 Å². The summed E-state index contributed by atoms with van der Waals surface area (Å²) in [6.07, 6.45) is 0. The second kappa shape index (κ2) is 4.19. The van der Waals surface area contributed by atoms with Gasteiger partial charge in [-0.1, -0.05) is 58.0 Å². The highest BCUT2D eigenvalue weighted by Gasteiger charge is 2.27. The van der Waals surface area contributed by atoms with Crippen molar-refractivity contribution in [3.8, 4) is 0 Å². The van der Waals surface area contributed by atoms with E-state index < -0.39 is 3.79 Å². The Balaban J connectivity index is 2.74. The minimum atomic E-state index is -1.66. The fourth-order valence-electron chi connectivity index (χ4n) is 1.33. The van der Waals surface area contributed by atoms with Crippen molar-refractivity contribution in [3.05, 3.63) is 34.7 Å². The molecule has 0 N–H and O–H groups in total. The summed E-state index contributed by atoms with van der Waals surface area (Å²) in [4.78, 5) is 8.13. The van der Waals surface area contributed by atoms with Crippen LogP contribution in [0.25, 0.3) is 10.9 Å². The van der Waals surface area contributed by atoms with Crippen molar-refractivity contribution < 1.29 is 0 Å². The monoisotopic (exact) mass is 294 g/mol. The first-order valence-corrected chi connectivity index (χ1v) is 5.90. The summed E-state index contributed by atoms with van der Waals surface area (Å²) in [5.41, 5.74) is 1.73. The number of hydrogen-bond acceptors (Lipinski definition) is 2. The lowest BCUT2D eigenvalue weighted by molar-refractivity contribution is 0.996. The second-order valence-corrected chi connectivity index (χ2v) is 6.00. The number of aryl methyl sites for hydroxylation is 1. The summed E-state index contributed by atoms with van der Waals surface area (Å²) in [6.45, 7) is 1.96. The third kappa shape index (κ3) is 2.35. The topological polar surface area (TPSA) is 25.8 Å². The predicted octanol–water partition coefficient (Wildman–Crippen LogP) is 4.42. The lowest BCUT2D eigenvalue weighted by Gasteiger charge is -2.10. The number of alkyl halides is 3. The van der Waals surface area contributed by atoms with Crippen LogP contribution in [-0.4, -0.2) is 9.97 Å². The molecule has 0 aliphatic carbocycles. The van der Waals surface area contributed by atoms with E-state index in [0.717, 1.165) is 10.9 Å². The van der Waals surface area contributed by atoms with Crippen molar-refractivity contribution >= 4 is 57.3 Å². The van der Waals surface area contributed by atoms with Gasteiger partial charge in [-0.2, -0.15) is 0 Å². The van der Waals surface area contributed by atoms with Gasteiger partial charge >= 0.3 is 0 Å². The zero-order valence-corrected chi connectivity index (χ0v) is 11.2. The first-order chi connectivity index (χ1) is 7.38. The Morgan fingerprint density at radius 1 is 1.12 bits per heavy atom. The SMILES string of the molecule is Cc1ccc2nc(C(Cl)(Cl)Cl)nc(Cl)c2c1. The maximum Gasteiger partial charge on any atom is 0.250 e. The molecule has 0 saturated carbocycles. The van der Waals surface area contributed by atoms with Gasteiger partial charge in [0.15, 0.2) is 5.82 Å². The molecule has 2 rings (SSSR count). The first kappa shape index (κ1) is 12.2. The van der Waals surface area contributed by atoms with Gasteiger partial charge in [0.1, 0.15) is 5.15 Å². The third-order valence-corrected chi connectivity index (χ3v) is 2.85. The van der Waals surface area contributed by atoms with Crippen LogP contribution in [0.1, 0.15) is 11.4 Å². The summed E-state index contributed by atoms with van der Waals surface area (Å²) in [5.74, 6) is 0.0823. The molecule has 0 unspecified atom stereocenters. The molecular formula is C10H6Cl4N2. The van der Waals surface area contributed by atoms with Crippen molar-refractivity contribution in [1.29, 1.82) is 0 Å². The van der Waals surface area contributed by atoms with E-state index in [0.29, 0.717) is 5.52 Å². The molecule has 1 heterocycles. The Labute approximate surface area is 112 Å². The van der Waals surface area contributed by atoms with Crippen LogP contribution in [0.4, 0.5) is 0 Å². The number of aromatic nitrogens is 2. The second-order valence-electron chi connectivity index (χ2n) is 3.36. The molecule has 0 atom stereocenters. The minimum absolute atomic E-state index is 0.0823.